The normalized spacial score (nSPS) is 10.8. The zero-order valence-corrected chi connectivity index (χ0v) is 20.7. The number of thioether (sulfide) groups is 1. The van der Waals surface area contributed by atoms with Gasteiger partial charge >= 0.3 is 0 Å². The number of carbonyl (C=O) groups is 1. The van der Waals surface area contributed by atoms with Gasteiger partial charge in [-0.1, -0.05) is 48.2 Å². The van der Waals surface area contributed by atoms with Gasteiger partial charge in [-0.05, 0) is 30.7 Å². The molecule has 0 aliphatic carbocycles. The molecule has 34 heavy (non-hydrogen) atoms. The molecule has 1 N–H and O–H groups in total. The molecule has 4 aromatic rings. The smallest absolute Gasteiger partial charge is 0.231 e. The van der Waals surface area contributed by atoms with Gasteiger partial charge in [-0.15, -0.1) is 28.1 Å². The van der Waals surface area contributed by atoms with Crippen molar-refractivity contribution in [3.63, 3.8) is 0 Å². The maximum atomic E-state index is 12.4. The molecule has 0 atom stereocenters. The third-order valence-electron chi connectivity index (χ3n) is 5.06. The van der Waals surface area contributed by atoms with Crippen molar-refractivity contribution in [3.05, 3.63) is 82.8 Å². The summed E-state index contributed by atoms with van der Waals surface area (Å²) in [7, 11) is 1.64. The summed E-state index contributed by atoms with van der Waals surface area (Å²) in [5, 5.41) is 15.3. The molecule has 4 rings (SSSR count). The van der Waals surface area contributed by atoms with Gasteiger partial charge in [0.05, 0.1) is 24.8 Å². The van der Waals surface area contributed by atoms with Crippen LogP contribution in [-0.2, 0) is 23.5 Å². The number of hydrogen-bond donors (Lipinski definition) is 1. The molecule has 0 unspecified atom stereocenters. The van der Waals surface area contributed by atoms with Crippen LogP contribution in [0.3, 0.4) is 0 Å². The minimum Gasteiger partial charge on any atom is -0.496 e. The average molecular weight is 492 g/mol. The number of allylic oxidation sites excluding steroid dienone is 1. The predicted octanol–water partition coefficient (Wildman–Crippen LogP) is 5.38. The monoisotopic (exact) mass is 491 g/mol. The predicted molar refractivity (Wildman–Crippen MR) is 137 cm³/mol. The Balaban J connectivity index is 1.42. The zero-order valence-electron chi connectivity index (χ0n) is 19.0. The molecule has 0 aliphatic rings. The summed E-state index contributed by atoms with van der Waals surface area (Å²) in [5.74, 6) is 2.02. The van der Waals surface area contributed by atoms with Gasteiger partial charge in [0.1, 0.15) is 10.8 Å². The van der Waals surface area contributed by atoms with Gasteiger partial charge in [0, 0.05) is 23.4 Å². The quantitative estimate of drug-likeness (QED) is 0.237. The number of amides is 1. The van der Waals surface area contributed by atoms with Gasteiger partial charge in [-0.25, -0.2) is 4.98 Å². The van der Waals surface area contributed by atoms with Gasteiger partial charge in [0.25, 0.3) is 0 Å². The molecule has 0 fully saturated rings. The Morgan fingerprint density at radius 3 is 2.79 bits per heavy atom. The summed E-state index contributed by atoms with van der Waals surface area (Å²) in [6.45, 7) is 6.42. The topological polar surface area (TPSA) is 81.9 Å². The Bertz CT molecular complexity index is 1300. The zero-order chi connectivity index (χ0) is 23.9. The van der Waals surface area contributed by atoms with Crippen molar-refractivity contribution in [1.29, 1.82) is 0 Å². The number of carbonyl (C=O) groups excluding carboxylic acids is 1. The van der Waals surface area contributed by atoms with E-state index in [4.69, 9.17) is 4.74 Å². The molecule has 0 saturated heterocycles. The van der Waals surface area contributed by atoms with E-state index in [1.165, 1.54) is 11.3 Å². The first-order chi connectivity index (χ1) is 16.6. The van der Waals surface area contributed by atoms with Crippen molar-refractivity contribution in [2.75, 3.05) is 12.4 Å². The number of nitrogens with zero attached hydrogens (tertiary/aromatic N) is 4. The molecular formula is C25H25N5O2S2. The Labute approximate surface area is 206 Å². The van der Waals surface area contributed by atoms with Crippen molar-refractivity contribution < 1.29 is 9.53 Å². The molecule has 0 aliphatic heterocycles. The van der Waals surface area contributed by atoms with Crippen molar-refractivity contribution in [1.82, 2.24) is 19.7 Å². The van der Waals surface area contributed by atoms with Crippen LogP contribution in [0.1, 0.15) is 16.3 Å². The van der Waals surface area contributed by atoms with Crippen LogP contribution in [0.15, 0.2) is 71.7 Å². The molecule has 0 saturated carbocycles. The average Bonchev–Trinajstić information content (AvgIpc) is 3.46. The van der Waals surface area contributed by atoms with E-state index in [1.54, 1.807) is 18.9 Å². The molecular weight excluding hydrogens is 466 g/mol. The van der Waals surface area contributed by atoms with Crippen LogP contribution in [0.2, 0.25) is 0 Å². The summed E-state index contributed by atoms with van der Waals surface area (Å²) < 4.78 is 7.51. The maximum absolute atomic E-state index is 12.4. The van der Waals surface area contributed by atoms with Gasteiger partial charge in [-0.3, -0.25) is 9.36 Å². The third kappa shape index (κ3) is 5.55. The fourth-order valence-electron chi connectivity index (χ4n) is 3.40. The van der Waals surface area contributed by atoms with Crippen molar-refractivity contribution in [2.24, 2.45) is 0 Å². The number of hydrogen-bond acceptors (Lipinski definition) is 7. The van der Waals surface area contributed by atoms with E-state index < -0.39 is 0 Å². The second kappa shape index (κ2) is 11.1. The third-order valence-corrected chi connectivity index (χ3v) is 6.95. The van der Waals surface area contributed by atoms with E-state index in [9.17, 15) is 4.79 Å². The molecule has 0 bridgehead atoms. The second-order valence-electron chi connectivity index (χ2n) is 7.47. The van der Waals surface area contributed by atoms with Crippen LogP contribution < -0.4 is 10.1 Å². The van der Waals surface area contributed by atoms with E-state index in [-0.39, 0.29) is 12.3 Å². The first-order valence-corrected chi connectivity index (χ1v) is 12.5. The van der Waals surface area contributed by atoms with E-state index in [2.05, 4.69) is 27.1 Å². The minimum atomic E-state index is -0.0740. The molecule has 2 heterocycles. The summed E-state index contributed by atoms with van der Waals surface area (Å²) in [4.78, 5) is 17.1. The molecule has 0 spiro atoms. The highest BCUT2D eigenvalue weighted by Gasteiger charge is 2.17. The largest absolute Gasteiger partial charge is 0.496 e. The van der Waals surface area contributed by atoms with E-state index >= 15 is 0 Å². The lowest BCUT2D eigenvalue weighted by Crippen LogP contribution is -2.15. The fraction of sp³-hybridized carbons (Fsp3) is 0.200. The van der Waals surface area contributed by atoms with Crippen LogP contribution in [0, 0.1) is 6.92 Å². The number of nitrogens with one attached hydrogen (secondary N) is 1. The molecule has 0 radical (unpaired) electrons. The molecule has 9 heteroatoms. The highest BCUT2D eigenvalue weighted by atomic mass is 32.2. The summed E-state index contributed by atoms with van der Waals surface area (Å²) >= 11 is 3.04. The van der Waals surface area contributed by atoms with E-state index in [0.29, 0.717) is 12.3 Å². The number of anilines is 1. The second-order valence-corrected chi connectivity index (χ2v) is 9.35. The molecule has 7 nitrogen and oxygen atoms in total. The van der Waals surface area contributed by atoms with Crippen LogP contribution in [0.4, 0.5) is 5.69 Å². The first-order valence-electron chi connectivity index (χ1n) is 10.7. The Morgan fingerprint density at radius 1 is 1.21 bits per heavy atom. The minimum absolute atomic E-state index is 0.0740. The lowest BCUT2D eigenvalue weighted by molar-refractivity contribution is -0.115. The van der Waals surface area contributed by atoms with Crippen molar-refractivity contribution in [2.45, 2.75) is 30.8 Å². The number of aryl methyl sites for hydroxylation is 1. The van der Waals surface area contributed by atoms with Gasteiger partial charge in [0.15, 0.2) is 11.0 Å². The van der Waals surface area contributed by atoms with Crippen molar-refractivity contribution >= 4 is 34.7 Å². The van der Waals surface area contributed by atoms with Crippen LogP contribution >= 0.6 is 23.1 Å². The van der Waals surface area contributed by atoms with E-state index in [1.807, 2.05) is 71.5 Å². The van der Waals surface area contributed by atoms with Crippen LogP contribution in [0.25, 0.3) is 11.4 Å². The number of rotatable bonds is 10. The maximum Gasteiger partial charge on any atom is 0.231 e. The SMILES string of the molecule is C=CCn1c(SCc2csc(CC(=O)Nc3ccccc3C)n2)nnc1-c1ccccc1OC. The summed E-state index contributed by atoms with van der Waals surface area (Å²) in [6, 6.07) is 15.5. The Kier molecular flexibility index (Phi) is 7.76. The number of para-hydroxylation sites is 2. The molecule has 2 aromatic carbocycles. The standard InChI is InChI=1S/C25H25N5O2S2/c1-4-13-30-24(19-10-6-8-12-21(19)32-3)28-29-25(30)34-16-18-15-33-23(26-18)14-22(31)27-20-11-7-5-9-17(20)2/h4-12,15H,1,13-14,16H2,2-3H3,(H,27,31). The molecule has 2 aromatic heterocycles. The molecule has 1 amide bonds. The number of ether oxygens (including phenoxy) is 1. The molecule has 174 valence electrons. The van der Waals surface area contributed by atoms with Crippen LogP contribution in [0.5, 0.6) is 5.75 Å². The Morgan fingerprint density at radius 2 is 2.00 bits per heavy atom. The van der Waals surface area contributed by atoms with Gasteiger partial charge in [-0.2, -0.15) is 0 Å². The summed E-state index contributed by atoms with van der Waals surface area (Å²) in [5.41, 5.74) is 3.64. The highest BCUT2D eigenvalue weighted by Crippen LogP contribution is 2.32. The summed E-state index contributed by atoms with van der Waals surface area (Å²) in [6.07, 6.45) is 2.06. The lowest BCUT2D eigenvalue weighted by Gasteiger charge is -2.10. The number of thiazole rings is 1. The Hall–Kier alpha value is -3.43. The lowest BCUT2D eigenvalue weighted by atomic mass is 10.2. The number of methoxy groups -OCH3 is 1. The number of aromatic nitrogens is 4. The first kappa shape index (κ1) is 23.7. The van der Waals surface area contributed by atoms with Gasteiger partial charge in [0.2, 0.25) is 5.91 Å². The number of benzene rings is 2. The van der Waals surface area contributed by atoms with Crippen LogP contribution in [-0.4, -0.2) is 32.8 Å². The van der Waals surface area contributed by atoms with Crippen molar-refractivity contribution in [3.8, 4) is 17.1 Å². The van der Waals surface area contributed by atoms with Gasteiger partial charge < -0.3 is 10.1 Å². The van der Waals surface area contributed by atoms with E-state index in [0.717, 1.165) is 44.2 Å². The fourth-order valence-corrected chi connectivity index (χ4v) is 5.14. The highest BCUT2D eigenvalue weighted by molar-refractivity contribution is 7.98.